The third-order valence-electron chi connectivity index (χ3n) is 4.34. The molecule has 31 heavy (non-hydrogen) atoms. The summed E-state index contributed by atoms with van der Waals surface area (Å²) in [7, 11) is 0. The first-order valence-corrected chi connectivity index (χ1v) is 9.34. The van der Waals surface area contributed by atoms with Gasteiger partial charge in [0.2, 0.25) is 5.75 Å². The minimum atomic E-state index is -0.586. The maximum absolute atomic E-state index is 12.5. The Kier molecular flexibility index (Phi) is 5.38. The fourth-order valence-electron chi connectivity index (χ4n) is 2.87. The van der Waals surface area contributed by atoms with Crippen molar-refractivity contribution in [2.75, 3.05) is 5.32 Å². The molecule has 0 aliphatic heterocycles. The first-order valence-electron chi connectivity index (χ1n) is 8.96. The molecule has 0 saturated carbocycles. The number of benzene rings is 3. The Labute approximate surface area is 179 Å². The summed E-state index contributed by atoms with van der Waals surface area (Å²) in [5, 5.41) is 14.8. The summed E-state index contributed by atoms with van der Waals surface area (Å²) in [4.78, 5) is 34.4. The zero-order valence-corrected chi connectivity index (χ0v) is 16.5. The van der Waals surface area contributed by atoms with Crippen molar-refractivity contribution in [3.05, 3.63) is 104 Å². The van der Waals surface area contributed by atoms with E-state index in [9.17, 15) is 19.7 Å². The number of rotatable bonds is 5. The molecule has 1 aromatic heterocycles. The van der Waals surface area contributed by atoms with Crippen molar-refractivity contribution in [1.82, 2.24) is 0 Å². The van der Waals surface area contributed by atoms with Crippen LogP contribution in [-0.4, -0.2) is 10.8 Å². The van der Waals surface area contributed by atoms with Crippen LogP contribution in [0.5, 0.6) is 11.5 Å². The van der Waals surface area contributed by atoms with Crippen LogP contribution >= 0.6 is 11.6 Å². The third kappa shape index (κ3) is 4.54. The lowest BCUT2D eigenvalue weighted by Crippen LogP contribution is -2.11. The topological polar surface area (TPSA) is 112 Å². The summed E-state index contributed by atoms with van der Waals surface area (Å²) < 4.78 is 10.6. The van der Waals surface area contributed by atoms with Gasteiger partial charge in [0.15, 0.2) is 0 Å². The molecule has 0 atom stereocenters. The molecule has 0 fully saturated rings. The molecule has 4 aromatic rings. The highest BCUT2D eigenvalue weighted by atomic mass is 35.5. The van der Waals surface area contributed by atoms with Gasteiger partial charge >= 0.3 is 11.3 Å². The number of ether oxygens (including phenoxy) is 1. The van der Waals surface area contributed by atoms with E-state index in [1.807, 2.05) is 0 Å². The highest BCUT2D eigenvalue weighted by Crippen LogP contribution is 2.33. The van der Waals surface area contributed by atoms with E-state index in [-0.39, 0.29) is 22.4 Å². The van der Waals surface area contributed by atoms with Gasteiger partial charge in [0.25, 0.3) is 5.91 Å². The second-order valence-electron chi connectivity index (χ2n) is 6.46. The van der Waals surface area contributed by atoms with E-state index in [4.69, 9.17) is 20.8 Å². The molecule has 0 bridgehead atoms. The van der Waals surface area contributed by atoms with Crippen LogP contribution in [0.4, 0.5) is 11.4 Å². The summed E-state index contributed by atoms with van der Waals surface area (Å²) in [6.45, 7) is 0. The van der Waals surface area contributed by atoms with Crippen molar-refractivity contribution >= 4 is 39.9 Å². The molecule has 0 radical (unpaired) electrons. The molecule has 3 aromatic carbocycles. The Morgan fingerprint density at radius 2 is 1.77 bits per heavy atom. The molecule has 0 aliphatic rings. The van der Waals surface area contributed by atoms with E-state index in [2.05, 4.69) is 5.32 Å². The summed E-state index contributed by atoms with van der Waals surface area (Å²) in [6, 6.07) is 18.0. The second-order valence-corrected chi connectivity index (χ2v) is 6.89. The van der Waals surface area contributed by atoms with E-state index >= 15 is 0 Å². The first-order chi connectivity index (χ1) is 14.9. The Hall–Kier alpha value is -4.17. The second kappa shape index (κ2) is 8.29. The van der Waals surface area contributed by atoms with Crippen LogP contribution in [0.25, 0.3) is 11.0 Å². The lowest BCUT2D eigenvalue weighted by molar-refractivity contribution is -0.385. The smallest absolute Gasteiger partial charge is 0.336 e. The van der Waals surface area contributed by atoms with Gasteiger partial charge in [0.05, 0.1) is 4.92 Å². The van der Waals surface area contributed by atoms with Crippen LogP contribution in [0.2, 0.25) is 5.02 Å². The largest absolute Gasteiger partial charge is 0.450 e. The van der Waals surface area contributed by atoms with Crippen molar-refractivity contribution in [2.45, 2.75) is 0 Å². The van der Waals surface area contributed by atoms with Gasteiger partial charge < -0.3 is 14.5 Å². The number of carbonyl (C=O) groups excluding carboxylic acids is 1. The van der Waals surface area contributed by atoms with Gasteiger partial charge in [-0.3, -0.25) is 14.9 Å². The predicted octanol–water partition coefficient (Wildman–Crippen LogP) is 5.40. The fourth-order valence-corrected chi connectivity index (χ4v) is 3.04. The van der Waals surface area contributed by atoms with Crippen LogP contribution in [0.1, 0.15) is 10.4 Å². The van der Waals surface area contributed by atoms with Gasteiger partial charge in [-0.2, -0.15) is 0 Å². The van der Waals surface area contributed by atoms with E-state index < -0.39 is 10.5 Å². The lowest BCUT2D eigenvalue weighted by Gasteiger charge is -2.09. The van der Waals surface area contributed by atoms with Crippen molar-refractivity contribution in [2.24, 2.45) is 0 Å². The third-order valence-corrected chi connectivity index (χ3v) is 4.57. The standard InChI is InChI=1S/C22H13ClN2O6/c23-15-4-8-20(18(12-15)25(28)29)30-17-6-1-13(2-7-17)22(27)24-16-5-9-19-14(11-16)3-10-21(26)31-19/h1-12H,(H,24,27). The molecule has 1 N–H and O–H groups in total. The number of nitrogens with zero attached hydrogens (tertiary/aromatic N) is 1. The SMILES string of the molecule is O=C(Nc1ccc2oc(=O)ccc2c1)c1ccc(Oc2ccc(Cl)cc2[N+](=O)[O-])cc1. The zero-order chi connectivity index (χ0) is 22.0. The van der Waals surface area contributed by atoms with Crippen LogP contribution in [-0.2, 0) is 0 Å². The molecule has 0 saturated heterocycles. The minimum absolute atomic E-state index is 0.0365. The van der Waals surface area contributed by atoms with Gasteiger partial charge in [0.1, 0.15) is 11.3 Å². The minimum Gasteiger partial charge on any atom is -0.450 e. The van der Waals surface area contributed by atoms with E-state index in [1.54, 1.807) is 24.3 Å². The van der Waals surface area contributed by atoms with Gasteiger partial charge in [-0.05, 0) is 60.7 Å². The fraction of sp³-hybridized carbons (Fsp3) is 0. The Bertz CT molecular complexity index is 1360. The molecule has 8 nitrogen and oxygen atoms in total. The molecular weight excluding hydrogens is 424 g/mol. The molecule has 0 aliphatic carbocycles. The van der Waals surface area contributed by atoms with Crippen molar-refractivity contribution < 1.29 is 18.9 Å². The molecular formula is C22H13ClN2O6. The number of hydrogen-bond donors (Lipinski definition) is 1. The summed E-state index contributed by atoms with van der Waals surface area (Å²) in [5.74, 6) is -0.00196. The summed E-state index contributed by atoms with van der Waals surface area (Å²) in [6.07, 6.45) is 0. The van der Waals surface area contributed by atoms with Crippen molar-refractivity contribution in [3.63, 3.8) is 0 Å². The average Bonchev–Trinajstić information content (AvgIpc) is 2.75. The number of hydrogen-bond acceptors (Lipinski definition) is 6. The molecule has 4 rings (SSSR count). The van der Waals surface area contributed by atoms with Gasteiger partial charge in [-0.1, -0.05) is 11.6 Å². The number of nitro groups is 1. The van der Waals surface area contributed by atoms with E-state index in [0.717, 1.165) is 0 Å². The number of halogens is 1. The number of anilines is 1. The van der Waals surface area contributed by atoms with Crippen LogP contribution in [0, 0.1) is 10.1 Å². The highest BCUT2D eigenvalue weighted by Gasteiger charge is 2.17. The number of carbonyl (C=O) groups is 1. The Morgan fingerprint density at radius 1 is 1.00 bits per heavy atom. The van der Waals surface area contributed by atoms with Crippen molar-refractivity contribution in [3.8, 4) is 11.5 Å². The normalized spacial score (nSPS) is 10.6. The molecule has 1 amide bonds. The zero-order valence-electron chi connectivity index (χ0n) is 15.7. The van der Waals surface area contributed by atoms with Gasteiger partial charge in [0, 0.05) is 33.8 Å². The number of nitro benzene ring substituents is 1. The van der Waals surface area contributed by atoms with Gasteiger partial charge in [-0.15, -0.1) is 0 Å². The summed E-state index contributed by atoms with van der Waals surface area (Å²) in [5.41, 5.74) is 0.599. The summed E-state index contributed by atoms with van der Waals surface area (Å²) >= 11 is 5.80. The van der Waals surface area contributed by atoms with E-state index in [0.29, 0.717) is 28.0 Å². The van der Waals surface area contributed by atoms with Crippen LogP contribution in [0.3, 0.4) is 0 Å². The van der Waals surface area contributed by atoms with Gasteiger partial charge in [-0.25, -0.2) is 4.79 Å². The van der Waals surface area contributed by atoms with E-state index in [1.165, 1.54) is 48.5 Å². The van der Waals surface area contributed by atoms with Crippen LogP contribution in [0.15, 0.2) is 82.0 Å². The number of amides is 1. The average molecular weight is 437 g/mol. The maximum Gasteiger partial charge on any atom is 0.336 e. The molecule has 0 spiro atoms. The molecule has 9 heteroatoms. The Balaban J connectivity index is 1.49. The number of nitrogens with one attached hydrogen (secondary N) is 1. The molecule has 154 valence electrons. The predicted molar refractivity (Wildman–Crippen MR) is 115 cm³/mol. The number of fused-ring (bicyclic) bond motifs is 1. The van der Waals surface area contributed by atoms with Crippen molar-refractivity contribution in [1.29, 1.82) is 0 Å². The lowest BCUT2D eigenvalue weighted by atomic mass is 10.1. The quantitative estimate of drug-likeness (QED) is 0.254. The highest BCUT2D eigenvalue weighted by molar-refractivity contribution is 6.30. The van der Waals surface area contributed by atoms with Crippen LogP contribution < -0.4 is 15.7 Å². The first kappa shape index (κ1) is 20.1. The Morgan fingerprint density at radius 3 is 2.52 bits per heavy atom. The molecule has 0 unspecified atom stereocenters. The maximum atomic E-state index is 12.5. The molecule has 1 heterocycles. The monoisotopic (exact) mass is 436 g/mol.